The van der Waals surface area contributed by atoms with E-state index in [9.17, 15) is 22.8 Å². The summed E-state index contributed by atoms with van der Waals surface area (Å²) in [5.74, 6) is -1.29. The highest BCUT2D eigenvalue weighted by Gasteiger charge is 2.40. The third-order valence-corrected chi connectivity index (χ3v) is 6.39. The van der Waals surface area contributed by atoms with Crippen molar-refractivity contribution in [3.63, 3.8) is 0 Å². The first-order chi connectivity index (χ1) is 14.8. The Morgan fingerprint density at radius 3 is 2.35 bits per heavy atom. The number of nitrogens with one attached hydrogen (secondary N) is 1. The molecule has 1 aromatic carbocycles. The molecule has 0 radical (unpaired) electrons. The summed E-state index contributed by atoms with van der Waals surface area (Å²) >= 11 is 0. The Morgan fingerprint density at radius 1 is 1.03 bits per heavy atom. The SMILES string of the molecule is CC1=C(C(=O)OC2CCCCC2)C(c2ccc(C(F)(F)F)cc2)C2=C(CCCC2=O)N1. The van der Waals surface area contributed by atoms with Crippen LogP contribution in [0.15, 0.2) is 46.8 Å². The maximum atomic E-state index is 13.2. The minimum absolute atomic E-state index is 0.0749. The third-order valence-electron chi connectivity index (χ3n) is 6.39. The molecule has 1 unspecified atom stereocenters. The van der Waals surface area contributed by atoms with Crippen LogP contribution in [0.2, 0.25) is 0 Å². The number of allylic oxidation sites excluding steroid dienone is 3. The van der Waals surface area contributed by atoms with Crippen molar-refractivity contribution in [2.75, 3.05) is 0 Å². The molecule has 4 nitrogen and oxygen atoms in total. The van der Waals surface area contributed by atoms with Crippen LogP contribution < -0.4 is 5.32 Å². The molecule has 1 aliphatic heterocycles. The quantitative estimate of drug-likeness (QED) is 0.635. The van der Waals surface area contributed by atoms with E-state index >= 15 is 0 Å². The topological polar surface area (TPSA) is 55.4 Å². The molecule has 2 aliphatic carbocycles. The highest BCUT2D eigenvalue weighted by atomic mass is 19.4. The normalized spacial score (nSPS) is 22.8. The molecule has 4 rings (SSSR count). The molecule has 1 aromatic rings. The molecule has 0 bridgehead atoms. The van der Waals surface area contributed by atoms with E-state index in [0.29, 0.717) is 41.7 Å². The van der Waals surface area contributed by atoms with Gasteiger partial charge in [-0.3, -0.25) is 4.79 Å². The van der Waals surface area contributed by atoms with Crippen molar-refractivity contribution in [3.8, 4) is 0 Å². The molecule has 1 fully saturated rings. The fourth-order valence-corrected chi connectivity index (χ4v) is 4.85. The second-order valence-corrected chi connectivity index (χ2v) is 8.55. The van der Waals surface area contributed by atoms with Gasteiger partial charge in [-0.25, -0.2) is 4.79 Å². The van der Waals surface area contributed by atoms with E-state index in [-0.39, 0.29) is 11.9 Å². The van der Waals surface area contributed by atoms with Gasteiger partial charge in [0.1, 0.15) is 6.10 Å². The first kappa shape index (κ1) is 21.7. The number of hydrogen-bond donors (Lipinski definition) is 1. The van der Waals surface area contributed by atoms with Crippen LogP contribution in [0, 0.1) is 0 Å². The van der Waals surface area contributed by atoms with E-state index in [4.69, 9.17) is 4.74 Å². The maximum Gasteiger partial charge on any atom is 0.416 e. The number of benzene rings is 1. The molecule has 1 atom stereocenters. The third kappa shape index (κ3) is 4.41. The van der Waals surface area contributed by atoms with Crippen molar-refractivity contribution >= 4 is 11.8 Å². The number of halogens is 3. The fourth-order valence-electron chi connectivity index (χ4n) is 4.85. The maximum absolute atomic E-state index is 13.2. The van der Waals surface area contributed by atoms with E-state index in [1.165, 1.54) is 12.1 Å². The van der Waals surface area contributed by atoms with Crippen molar-refractivity contribution in [3.05, 3.63) is 57.9 Å². The van der Waals surface area contributed by atoms with Gasteiger partial charge < -0.3 is 10.1 Å². The summed E-state index contributed by atoms with van der Waals surface area (Å²) in [6.07, 6.45) is 1.87. The van der Waals surface area contributed by atoms with Crippen molar-refractivity contribution in [1.82, 2.24) is 5.32 Å². The second-order valence-electron chi connectivity index (χ2n) is 8.55. The zero-order valence-electron chi connectivity index (χ0n) is 17.5. The highest BCUT2D eigenvalue weighted by Crippen LogP contribution is 2.43. The smallest absolute Gasteiger partial charge is 0.416 e. The van der Waals surface area contributed by atoms with Crippen molar-refractivity contribution in [1.29, 1.82) is 0 Å². The molecule has 166 valence electrons. The van der Waals surface area contributed by atoms with Crippen LogP contribution >= 0.6 is 0 Å². The Kier molecular flexibility index (Phi) is 5.95. The first-order valence-electron chi connectivity index (χ1n) is 10.9. The van der Waals surface area contributed by atoms with Gasteiger partial charge in [-0.05, 0) is 63.1 Å². The van der Waals surface area contributed by atoms with Crippen LogP contribution in [-0.4, -0.2) is 17.9 Å². The number of esters is 1. The summed E-state index contributed by atoms with van der Waals surface area (Å²) in [6, 6.07) is 4.74. The predicted molar refractivity (Wildman–Crippen MR) is 109 cm³/mol. The predicted octanol–water partition coefficient (Wildman–Crippen LogP) is 5.55. The van der Waals surface area contributed by atoms with E-state index in [1.807, 2.05) is 0 Å². The van der Waals surface area contributed by atoms with Crippen LogP contribution in [0.1, 0.15) is 75.3 Å². The van der Waals surface area contributed by atoms with Gasteiger partial charge >= 0.3 is 12.1 Å². The zero-order chi connectivity index (χ0) is 22.2. The summed E-state index contributed by atoms with van der Waals surface area (Å²) in [7, 11) is 0. The van der Waals surface area contributed by atoms with Gasteiger partial charge in [-0.1, -0.05) is 18.6 Å². The number of hydrogen-bond acceptors (Lipinski definition) is 4. The molecule has 7 heteroatoms. The molecular weight excluding hydrogens is 407 g/mol. The number of Topliss-reactive ketones (excluding diaryl/α,β-unsaturated/α-hetero) is 1. The van der Waals surface area contributed by atoms with Gasteiger partial charge in [-0.2, -0.15) is 13.2 Å². The van der Waals surface area contributed by atoms with Crippen LogP contribution in [-0.2, 0) is 20.5 Å². The molecule has 31 heavy (non-hydrogen) atoms. The summed E-state index contributed by atoms with van der Waals surface area (Å²) in [5.41, 5.74) is 1.88. The summed E-state index contributed by atoms with van der Waals surface area (Å²) in [5, 5.41) is 3.21. The minimum atomic E-state index is -4.45. The average molecular weight is 433 g/mol. The lowest BCUT2D eigenvalue weighted by atomic mass is 9.75. The van der Waals surface area contributed by atoms with Gasteiger partial charge in [0, 0.05) is 29.3 Å². The Hall–Kier alpha value is -2.57. The number of ketones is 1. The number of rotatable bonds is 3. The molecule has 1 heterocycles. The van der Waals surface area contributed by atoms with Crippen LogP contribution in [0.3, 0.4) is 0 Å². The molecule has 1 N–H and O–H groups in total. The summed E-state index contributed by atoms with van der Waals surface area (Å²) < 4.78 is 45.0. The summed E-state index contributed by atoms with van der Waals surface area (Å²) in [4.78, 5) is 26.1. The molecule has 3 aliphatic rings. The van der Waals surface area contributed by atoms with E-state index in [0.717, 1.165) is 49.9 Å². The molecule has 0 spiro atoms. The molecule has 1 saturated carbocycles. The summed E-state index contributed by atoms with van der Waals surface area (Å²) in [6.45, 7) is 1.76. The average Bonchev–Trinajstić information content (AvgIpc) is 2.73. The lowest BCUT2D eigenvalue weighted by Gasteiger charge is -2.35. The Balaban J connectivity index is 1.73. The monoisotopic (exact) mass is 433 g/mol. The van der Waals surface area contributed by atoms with Gasteiger partial charge in [-0.15, -0.1) is 0 Å². The lowest BCUT2D eigenvalue weighted by molar-refractivity contribution is -0.146. The Labute approximate surface area is 179 Å². The number of carbonyl (C=O) groups is 2. The number of carbonyl (C=O) groups excluding carboxylic acids is 2. The molecule has 0 amide bonds. The fraction of sp³-hybridized carbons (Fsp3) is 0.500. The largest absolute Gasteiger partial charge is 0.459 e. The molecule has 0 aromatic heterocycles. The zero-order valence-corrected chi connectivity index (χ0v) is 17.5. The van der Waals surface area contributed by atoms with Gasteiger partial charge in [0.15, 0.2) is 5.78 Å². The van der Waals surface area contributed by atoms with Crippen LogP contribution in [0.5, 0.6) is 0 Å². The van der Waals surface area contributed by atoms with Crippen molar-refractivity contribution < 1.29 is 27.5 Å². The molecule has 0 saturated heterocycles. The van der Waals surface area contributed by atoms with E-state index in [2.05, 4.69) is 5.32 Å². The second kappa shape index (κ2) is 8.52. The van der Waals surface area contributed by atoms with Crippen LogP contribution in [0.4, 0.5) is 13.2 Å². The highest BCUT2D eigenvalue weighted by molar-refractivity contribution is 6.03. The number of alkyl halides is 3. The van der Waals surface area contributed by atoms with Crippen molar-refractivity contribution in [2.45, 2.75) is 76.5 Å². The number of dihydropyridines is 1. The van der Waals surface area contributed by atoms with Gasteiger partial charge in [0.25, 0.3) is 0 Å². The first-order valence-corrected chi connectivity index (χ1v) is 10.9. The minimum Gasteiger partial charge on any atom is -0.459 e. The Bertz CT molecular complexity index is 938. The van der Waals surface area contributed by atoms with Crippen LogP contribution in [0.25, 0.3) is 0 Å². The number of ether oxygens (including phenoxy) is 1. The van der Waals surface area contributed by atoms with Crippen molar-refractivity contribution in [2.24, 2.45) is 0 Å². The Morgan fingerprint density at radius 2 is 1.71 bits per heavy atom. The molecular formula is C24H26F3NO3. The van der Waals surface area contributed by atoms with Gasteiger partial charge in [0.05, 0.1) is 11.1 Å². The van der Waals surface area contributed by atoms with Gasteiger partial charge in [0.2, 0.25) is 0 Å². The van der Waals surface area contributed by atoms with E-state index in [1.54, 1.807) is 6.92 Å². The lowest BCUT2D eigenvalue weighted by Crippen LogP contribution is -2.35. The standard InChI is InChI=1S/C24H26F3NO3/c1-14-20(23(30)31-17-6-3-2-4-7-17)21(22-18(28-14)8-5-9-19(22)29)15-10-12-16(13-11-15)24(25,26)27/h10-13,17,21,28H,2-9H2,1H3. The van der Waals surface area contributed by atoms with E-state index < -0.39 is 23.6 Å².